The third kappa shape index (κ3) is 2.66. The van der Waals surface area contributed by atoms with Crippen molar-refractivity contribution < 1.29 is 4.39 Å². The minimum absolute atomic E-state index is 0.250. The van der Waals surface area contributed by atoms with Gasteiger partial charge in [0.1, 0.15) is 5.82 Å². The Kier molecular flexibility index (Phi) is 3.47. The maximum atomic E-state index is 12.9. The van der Waals surface area contributed by atoms with Gasteiger partial charge in [0.05, 0.1) is 6.20 Å². The molecule has 0 fully saturated rings. The van der Waals surface area contributed by atoms with Gasteiger partial charge < -0.3 is 5.32 Å². The second kappa shape index (κ2) is 4.87. The van der Waals surface area contributed by atoms with Gasteiger partial charge >= 0.3 is 0 Å². The second-order valence-corrected chi connectivity index (χ2v) is 4.71. The fourth-order valence-electron chi connectivity index (χ4n) is 1.54. The molecule has 1 heterocycles. The standard InChI is InChI=1S/C12H13BrFN3/c1-8-9(7-16-17(8)2)6-15-12-4-3-10(14)5-11(12)13/h3-5,7,15H,6H2,1-2H3. The average Bonchev–Trinajstić information content (AvgIpc) is 2.59. The molecule has 0 aliphatic heterocycles. The Hall–Kier alpha value is -1.36. The van der Waals surface area contributed by atoms with Gasteiger partial charge in [-0.3, -0.25) is 4.68 Å². The van der Waals surface area contributed by atoms with Crippen molar-refractivity contribution in [2.24, 2.45) is 7.05 Å². The summed E-state index contributed by atoms with van der Waals surface area (Å²) in [7, 11) is 1.91. The quantitative estimate of drug-likeness (QED) is 0.942. The maximum Gasteiger partial charge on any atom is 0.124 e. The number of aromatic nitrogens is 2. The van der Waals surface area contributed by atoms with Crippen molar-refractivity contribution in [1.82, 2.24) is 9.78 Å². The summed E-state index contributed by atoms with van der Waals surface area (Å²) >= 11 is 3.32. The molecule has 17 heavy (non-hydrogen) atoms. The zero-order valence-electron chi connectivity index (χ0n) is 9.67. The van der Waals surface area contributed by atoms with Gasteiger partial charge in [-0.05, 0) is 41.1 Å². The predicted molar refractivity (Wildman–Crippen MR) is 69.4 cm³/mol. The van der Waals surface area contributed by atoms with E-state index in [2.05, 4.69) is 26.3 Å². The molecule has 5 heteroatoms. The summed E-state index contributed by atoms with van der Waals surface area (Å²) in [4.78, 5) is 0. The Labute approximate surface area is 108 Å². The summed E-state index contributed by atoms with van der Waals surface area (Å²) in [5, 5.41) is 7.41. The van der Waals surface area contributed by atoms with Crippen LogP contribution in [0, 0.1) is 12.7 Å². The molecule has 0 amide bonds. The Morgan fingerprint density at radius 2 is 2.24 bits per heavy atom. The molecule has 1 aromatic heterocycles. The summed E-state index contributed by atoms with van der Waals surface area (Å²) in [6.45, 7) is 2.69. The molecular weight excluding hydrogens is 285 g/mol. The van der Waals surface area contributed by atoms with Crippen molar-refractivity contribution in [3.05, 3.63) is 45.9 Å². The number of halogens is 2. The van der Waals surface area contributed by atoms with E-state index in [9.17, 15) is 4.39 Å². The van der Waals surface area contributed by atoms with Gasteiger partial charge in [-0.15, -0.1) is 0 Å². The minimum atomic E-state index is -0.250. The molecule has 2 rings (SSSR count). The van der Waals surface area contributed by atoms with E-state index in [1.165, 1.54) is 12.1 Å². The summed E-state index contributed by atoms with van der Waals surface area (Å²) in [5.41, 5.74) is 3.12. The van der Waals surface area contributed by atoms with Crippen LogP contribution in [0.3, 0.4) is 0 Å². The topological polar surface area (TPSA) is 29.9 Å². The van der Waals surface area contributed by atoms with Crippen molar-refractivity contribution in [1.29, 1.82) is 0 Å². The van der Waals surface area contributed by atoms with Crippen LogP contribution in [0.5, 0.6) is 0 Å². The average molecular weight is 298 g/mol. The van der Waals surface area contributed by atoms with Crippen molar-refractivity contribution >= 4 is 21.6 Å². The van der Waals surface area contributed by atoms with E-state index in [-0.39, 0.29) is 5.82 Å². The fourth-order valence-corrected chi connectivity index (χ4v) is 2.03. The van der Waals surface area contributed by atoms with E-state index < -0.39 is 0 Å². The number of rotatable bonds is 3. The molecule has 0 saturated heterocycles. The zero-order chi connectivity index (χ0) is 12.4. The molecule has 0 atom stereocenters. The van der Waals surface area contributed by atoms with Gasteiger partial charge in [0.15, 0.2) is 0 Å². The first-order valence-corrected chi connectivity index (χ1v) is 6.03. The molecule has 2 aromatic rings. The third-order valence-corrected chi connectivity index (χ3v) is 3.39. The van der Waals surface area contributed by atoms with Crippen LogP contribution >= 0.6 is 15.9 Å². The largest absolute Gasteiger partial charge is 0.380 e. The molecule has 0 aliphatic rings. The summed E-state index contributed by atoms with van der Waals surface area (Å²) < 4.78 is 15.5. The lowest BCUT2D eigenvalue weighted by Crippen LogP contribution is -2.02. The van der Waals surface area contributed by atoms with E-state index in [1.807, 2.05) is 24.9 Å². The number of anilines is 1. The van der Waals surface area contributed by atoms with Crippen LogP contribution in [0.1, 0.15) is 11.3 Å². The fraction of sp³-hybridized carbons (Fsp3) is 0.250. The van der Waals surface area contributed by atoms with Crippen LogP contribution in [-0.4, -0.2) is 9.78 Å². The van der Waals surface area contributed by atoms with Gasteiger partial charge in [-0.1, -0.05) is 0 Å². The summed E-state index contributed by atoms with van der Waals surface area (Å²) in [5.74, 6) is -0.250. The molecule has 0 bridgehead atoms. The molecule has 3 nitrogen and oxygen atoms in total. The lowest BCUT2D eigenvalue weighted by molar-refractivity contribution is 0.627. The molecule has 1 aromatic carbocycles. The molecule has 0 saturated carbocycles. The van der Waals surface area contributed by atoms with Crippen molar-refractivity contribution in [2.45, 2.75) is 13.5 Å². The minimum Gasteiger partial charge on any atom is -0.380 e. The Morgan fingerprint density at radius 3 is 2.82 bits per heavy atom. The highest BCUT2D eigenvalue weighted by Crippen LogP contribution is 2.23. The normalized spacial score (nSPS) is 10.6. The number of hydrogen-bond donors (Lipinski definition) is 1. The zero-order valence-corrected chi connectivity index (χ0v) is 11.3. The Balaban J connectivity index is 2.10. The first kappa shape index (κ1) is 12.1. The highest BCUT2D eigenvalue weighted by Gasteiger charge is 2.05. The predicted octanol–water partition coefficient (Wildman–Crippen LogP) is 3.24. The van der Waals surface area contributed by atoms with Crippen molar-refractivity contribution in [3.63, 3.8) is 0 Å². The number of nitrogens with zero attached hydrogens (tertiary/aromatic N) is 2. The maximum absolute atomic E-state index is 12.9. The van der Waals surface area contributed by atoms with Gasteiger partial charge in [0.25, 0.3) is 0 Å². The van der Waals surface area contributed by atoms with Gasteiger partial charge in [0.2, 0.25) is 0 Å². The number of hydrogen-bond acceptors (Lipinski definition) is 2. The first-order chi connectivity index (χ1) is 8.08. The van der Waals surface area contributed by atoms with E-state index in [4.69, 9.17) is 0 Å². The lowest BCUT2D eigenvalue weighted by Gasteiger charge is -2.08. The highest BCUT2D eigenvalue weighted by molar-refractivity contribution is 9.10. The van der Waals surface area contributed by atoms with Crippen molar-refractivity contribution in [3.8, 4) is 0 Å². The molecule has 0 unspecified atom stereocenters. The van der Waals surface area contributed by atoms with Crippen molar-refractivity contribution in [2.75, 3.05) is 5.32 Å². The highest BCUT2D eigenvalue weighted by atomic mass is 79.9. The number of nitrogens with one attached hydrogen (secondary N) is 1. The lowest BCUT2D eigenvalue weighted by atomic mass is 10.2. The monoisotopic (exact) mass is 297 g/mol. The third-order valence-electron chi connectivity index (χ3n) is 2.74. The molecule has 0 radical (unpaired) electrons. The summed E-state index contributed by atoms with van der Waals surface area (Å²) in [6, 6.07) is 4.59. The van der Waals surface area contributed by atoms with Crippen LogP contribution < -0.4 is 5.32 Å². The SMILES string of the molecule is Cc1c(CNc2ccc(F)cc2Br)cnn1C. The van der Waals surface area contributed by atoms with Crippen LogP contribution in [0.15, 0.2) is 28.9 Å². The summed E-state index contributed by atoms with van der Waals surface area (Å²) in [6.07, 6.45) is 1.83. The van der Waals surface area contributed by atoms with E-state index in [1.54, 1.807) is 6.07 Å². The van der Waals surface area contributed by atoms with Gasteiger partial charge in [0, 0.05) is 35.0 Å². The number of aryl methyl sites for hydroxylation is 1. The van der Waals surface area contributed by atoms with Crippen LogP contribution in [0.4, 0.5) is 10.1 Å². The molecule has 0 aliphatic carbocycles. The molecule has 90 valence electrons. The molecular formula is C12H13BrFN3. The molecule has 0 spiro atoms. The van der Waals surface area contributed by atoms with Gasteiger partial charge in [-0.2, -0.15) is 5.10 Å². The Morgan fingerprint density at radius 1 is 1.47 bits per heavy atom. The second-order valence-electron chi connectivity index (χ2n) is 3.86. The smallest absolute Gasteiger partial charge is 0.124 e. The molecule has 1 N–H and O–H groups in total. The first-order valence-electron chi connectivity index (χ1n) is 5.24. The van der Waals surface area contributed by atoms with E-state index in [0.29, 0.717) is 6.54 Å². The number of benzene rings is 1. The van der Waals surface area contributed by atoms with Crippen LogP contribution in [0.2, 0.25) is 0 Å². The Bertz CT molecular complexity index is 537. The van der Waals surface area contributed by atoms with E-state index in [0.717, 1.165) is 21.4 Å². The van der Waals surface area contributed by atoms with Crippen LogP contribution in [-0.2, 0) is 13.6 Å². The van der Waals surface area contributed by atoms with Gasteiger partial charge in [-0.25, -0.2) is 4.39 Å². The van der Waals surface area contributed by atoms with Crippen LogP contribution in [0.25, 0.3) is 0 Å². The van der Waals surface area contributed by atoms with E-state index >= 15 is 0 Å².